The summed E-state index contributed by atoms with van der Waals surface area (Å²) in [4.78, 5) is 19.7. The van der Waals surface area contributed by atoms with Crippen molar-refractivity contribution in [2.24, 2.45) is 5.92 Å². The lowest BCUT2D eigenvalue weighted by Crippen LogP contribution is -2.46. The highest BCUT2D eigenvalue weighted by Crippen LogP contribution is 2.27. The maximum atomic E-state index is 13.2. The van der Waals surface area contributed by atoms with Crippen LogP contribution in [-0.2, 0) is 0 Å². The summed E-state index contributed by atoms with van der Waals surface area (Å²) in [6.45, 7) is 2.80. The van der Waals surface area contributed by atoms with Crippen molar-refractivity contribution < 1.29 is 4.79 Å². The highest BCUT2D eigenvalue weighted by Gasteiger charge is 2.29. The molecule has 1 amide bonds. The standard InChI is InChI=1S/C30H30N6O/c31-19-21-4-6-24(7-5-21)28-20-33-29-13-12-27(34-36(28)29)22-8-10-25(11-9-22)30(37)35-17-14-23(15-18-35)26-3-1-2-16-32-26/h4-13,20,23,26,32H,1-3,14-18H2. The number of imidazole rings is 1. The molecular weight excluding hydrogens is 460 g/mol. The summed E-state index contributed by atoms with van der Waals surface area (Å²) in [5.41, 5.74) is 5.65. The molecule has 0 aliphatic carbocycles. The lowest BCUT2D eigenvalue weighted by molar-refractivity contribution is 0.0662. The maximum absolute atomic E-state index is 13.2. The van der Waals surface area contributed by atoms with Crippen LogP contribution in [0, 0.1) is 17.2 Å². The van der Waals surface area contributed by atoms with Crippen LogP contribution in [0.1, 0.15) is 48.0 Å². The number of carbonyl (C=O) groups is 1. The van der Waals surface area contributed by atoms with Gasteiger partial charge in [-0.3, -0.25) is 4.79 Å². The van der Waals surface area contributed by atoms with Gasteiger partial charge in [0.15, 0.2) is 5.65 Å². The van der Waals surface area contributed by atoms with Gasteiger partial charge < -0.3 is 10.2 Å². The van der Waals surface area contributed by atoms with E-state index in [1.165, 1.54) is 19.3 Å². The lowest BCUT2D eigenvalue weighted by Gasteiger charge is -2.38. The summed E-state index contributed by atoms with van der Waals surface area (Å²) in [6.07, 6.45) is 7.84. The third-order valence-electron chi connectivity index (χ3n) is 7.84. The number of fused-ring (bicyclic) bond motifs is 1. The van der Waals surface area contributed by atoms with E-state index in [4.69, 9.17) is 10.4 Å². The molecule has 1 unspecified atom stereocenters. The number of nitrogens with one attached hydrogen (secondary N) is 1. The topological polar surface area (TPSA) is 86.3 Å². The van der Waals surface area contributed by atoms with Crippen LogP contribution in [0.5, 0.6) is 0 Å². The molecule has 7 heteroatoms. The van der Waals surface area contributed by atoms with E-state index in [0.717, 1.165) is 66.2 Å². The molecule has 2 aromatic heterocycles. The Kier molecular flexibility index (Phi) is 6.42. The predicted octanol–water partition coefficient (Wildman–Crippen LogP) is 4.93. The number of carbonyl (C=O) groups excluding carboxylic acids is 1. The number of aromatic nitrogens is 3. The molecule has 7 nitrogen and oxygen atoms in total. The monoisotopic (exact) mass is 490 g/mol. The molecule has 0 radical (unpaired) electrons. The maximum Gasteiger partial charge on any atom is 0.253 e. The minimum absolute atomic E-state index is 0.114. The average Bonchev–Trinajstić information content (AvgIpc) is 3.41. The normalized spacial score (nSPS) is 18.6. The van der Waals surface area contributed by atoms with Crippen LogP contribution in [0.25, 0.3) is 28.2 Å². The van der Waals surface area contributed by atoms with Crippen LogP contribution in [0.15, 0.2) is 66.9 Å². The fourth-order valence-corrected chi connectivity index (χ4v) is 5.69. The number of nitrogens with zero attached hydrogens (tertiary/aromatic N) is 5. The Bertz CT molecular complexity index is 1440. The number of piperidine rings is 2. The van der Waals surface area contributed by atoms with E-state index in [-0.39, 0.29) is 5.91 Å². The minimum Gasteiger partial charge on any atom is -0.339 e. The predicted molar refractivity (Wildman–Crippen MR) is 143 cm³/mol. The van der Waals surface area contributed by atoms with Gasteiger partial charge in [-0.05, 0) is 74.5 Å². The summed E-state index contributed by atoms with van der Waals surface area (Å²) >= 11 is 0. The smallest absolute Gasteiger partial charge is 0.253 e. The fraction of sp³-hybridized carbons (Fsp3) is 0.333. The van der Waals surface area contributed by atoms with Crippen molar-refractivity contribution >= 4 is 11.6 Å². The Morgan fingerprint density at radius 1 is 0.919 bits per heavy atom. The number of hydrogen-bond donors (Lipinski definition) is 1. The third-order valence-corrected chi connectivity index (χ3v) is 7.84. The van der Waals surface area contributed by atoms with Gasteiger partial charge in [0, 0.05) is 35.8 Å². The van der Waals surface area contributed by atoms with E-state index in [1.807, 2.05) is 57.9 Å². The van der Waals surface area contributed by atoms with Crippen LogP contribution >= 0.6 is 0 Å². The molecule has 6 rings (SSSR count). The first-order valence-electron chi connectivity index (χ1n) is 13.2. The van der Waals surface area contributed by atoms with Crippen molar-refractivity contribution in [3.05, 3.63) is 78.0 Å². The minimum atomic E-state index is 0.114. The number of nitriles is 1. The van der Waals surface area contributed by atoms with Crippen molar-refractivity contribution in [3.63, 3.8) is 0 Å². The van der Waals surface area contributed by atoms with E-state index in [2.05, 4.69) is 16.4 Å². The van der Waals surface area contributed by atoms with Crippen molar-refractivity contribution in [2.75, 3.05) is 19.6 Å². The van der Waals surface area contributed by atoms with Crippen molar-refractivity contribution in [2.45, 2.75) is 38.1 Å². The van der Waals surface area contributed by atoms with Gasteiger partial charge in [0.05, 0.1) is 29.2 Å². The highest BCUT2D eigenvalue weighted by atomic mass is 16.2. The first-order chi connectivity index (χ1) is 18.2. The molecule has 0 saturated carbocycles. The molecule has 4 heterocycles. The van der Waals surface area contributed by atoms with Crippen LogP contribution in [-0.4, -0.2) is 51.1 Å². The van der Waals surface area contributed by atoms with E-state index >= 15 is 0 Å². The first-order valence-corrected chi connectivity index (χ1v) is 13.2. The second-order valence-corrected chi connectivity index (χ2v) is 10.1. The quantitative estimate of drug-likeness (QED) is 0.438. The summed E-state index contributed by atoms with van der Waals surface area (Å²) in [5, 5.41) is 17.6. The zero-order valence-electron chi connectivity index (χ0n) is 20.8. The average molecular weight is 491 g/mol. The molecule has 2 aliphatic heterocycles. The van der Waals surface area contributed by atoms with Gasteiger partial charge in [-0.25, -0.2) is 9.50 Å². The number of amides is 1. The van der Waals surface area contributed by atoms with Crippen LogP contribution < -0.4 is 5.32 Å². The Labute approximate surface area is 216 Å². The molecule has 186 valence electrons. The van der Waals surface area contributed by atoms with Crippen LogP contribution in [0.4, 0.5) is 0 Å². The summed E-state index contributed by atoms with van der Waals surface area (Å²) in [6, 6.07) is 21.8. The van der Waals surface area contributed by atoms with Crippen molar-refractivity contribution in [1.82, 2.24) is 24.8 Å². The zero-order chi connectivity index (χ0) is 25.2. The van der Waals surface area contributed by atoms with E-state index < -0.39 is 0 Å². The summed E-state index contributed by atoms with van der Waals surface area (Å²) < 4.78 is 1.82. The largest absolute Gasteiger partial charge is 0.339 e. The molecule has 0 spiro atoms. The summed E-state index contributed by atoms with van der Waals surface area (Å²) in [7, 11) is 0. The molecular formula is C30H30N6O. The van der Waals surface area contributed by atoms with E-state index in [1.54, 1.807) is 18.3 Å². The summed E-state index contributed by atoms with van der Waals surface area (Å²) in [5.74, 6) is 0.799. The number of hydrogen-bond acceptors (Lipinski definition) is 5. The molecule has 1 atom stereocenters. The number of benzene rings is 2. The molecule has 4 aromatic rings. The SMILES string of the molecule is N#Cc1ccc(-c2cnc3ccc(-c4ccc(C(=O)N5CCC(C6CCCCN6)CC5)cc4)nn23)cc1. The molecule has 2 fully saturated rings. The van der Waals surface area contributed by atoms with Gasteiger partial charge in [0.25, 0.3) is 5.91 Å². The van der Waals surface area contributed by atoms with Gasteiger partial charge in [-0.15, -0.1) is 0 Å². The fourth-order valence-electron chi connectivity index (χ4n) is 5.69. The number of rotatable bonds is 4. The van der Waals surface area contributed by atoms with Crippen LogP contribution in [0.3, 0.4) is 0 Å². The van der Waals surface area contributed by atoms with Crippen molar-refractivity contribution in [1.29, 1.82) is 5.26 Å². The Morgan fingerprint density at radius 2 is 1.68 bits per heavy atom. The van der Waals surface area contributed by atoms with Gasteiger partial charge >= 0.3 is 0 Å². The molecule has 2 aromatic carbocycles. The third kappa shape index (κ3) is 4.73. The molecule has 0 bridgehead atoms. The van der Waals surface area contributed by atoms with E-state index in [9.17, 15) is 4.79 Å². The number of likely N-dealkylation sites (tertiary alicyclic amines) is 1. The van der Waals surface area contributed by atoms with Gasteiger partial charge in [0.1, 0.15) is 0 Å². The lowest BCUT2D eigenvalue weighted by atomic mass is 9.85. The molecule has 1 N–H and O–H groups in total. The van der Waals surface area contributed by atoms with Gasteiger partial charge in [0.2, 0.25) is 0 Å². The van der Waals surface area contributed by atoms with Crippen molar-refractivity contribution in [3.8, 4) is 28.6 Å². The van der Waals surface area contributed by atoms with Gasteiger partial charge in [-0.1, -0.05) is 30.7 Å². The van der Waals surface area contributed by atoms with Crippen LogP contribution in [0.2, 0.25) is 0 Å². The zero-order valence-corrected chi connectivity index (χ0v) is 20.8. The Balaban J connectivity index is 1.16. The second kappa shape index (κ2) is 10.2. The Morgan fingerprint density at radius 3 is 2.38 bits per heavy atom. The second-order valence-electron chi connectivity index (χ2n) is 10.1. The van der Waals surface area contributed by atoms with E-state index in [0.29, 0.717) is 17.5 Å². The first kappa shape index (κ1) is 23.4. The Hall–Kier alpha value is -4.02. The molecule has 2 saturated heterocycles. The molecule has 2 aliphatic rings. The van der Waals surface area contributed by atoms with Gasteiger partial charge in [-0.2, -0.15) is 10.4 Å². The molecule has 37 heavy (non-hydrogen) atoms. The highest BCUT2D eigenvalue weighted by molar-refractivity contribution is 5.94.